The summed E-state index contributed by atoms with van der Waals surface area (Å²) in [6, 6.07) is 1.54. The van der Waals surface area contributed by atoms with Gasteiger partial charge in [0.2, 0.25) is 0 Å². The minimum Gasteiger partial charge on any atom is -0.336 e. The Hall–Kier alpha value is -1.45. The molecule has 0 spiro atoms. The lowest BCUT2D eigenvalue weighted by Crippen LogP contribution is -2.38. The van der Waals surface area contributed by atoms with Gasteiger partial charge in [-0.3, -0.25) is 9.78 Å². The maximum Gasteiger partial charge on any atom is 0.257 e. The van der Waals surface area contributed by atoms with E-state index in [0.29, 0.717) is 6.54 Å². The predicted molar refractivity (Wildman–Crippen MR) is 60.7 cm³/mol. The average Bonchev–Trinajstić information content (AvgIpc) is 2.30. The first-order valence-electron chi connectivity index (χ1n) is 5.52. The molecular weight excluding hydrogens is 207 g/mol. The van der Waals surface area contributed by atoms with E-state index in [1.54, 1.807) is 4.90 Å². The molecule has 1 aromatic rings. The molecule has 1 unspecified atom stereocenters. The second-order valence-electron chi connectivity index (χ2n) is 3.70. The highest BCUT2D eigenvalue weighted by Crippen LogP contribution is 2.12. The fourth-order valence-electron chi connectivity index (χ4n) is 1.58. The molecular formula is C12H17FN2O. The molecule has 1 atom stereocenters. The van der Waals surface area contributed by atoms with E-state index < -0.39 is 5.82 Å². The van der Waals surface area contributed by atoms with Crippen LogP contribution in [-0.4, -0.2) is 28.4 Å². The molecule has 0 saturated carbocycles. The highest BCUT2D eigenvalue weighted by atomic mass is 19.1. The molecule has 1 amide bonds. The Morgan fingerprint density at radius 2 is 2.25 bits per heavy atom. The van der Waals surface area contributed by atoms with E-state index in [9.17, 15) is 9.18 Å². The van der Waals surface area contributed by atoms with E-state index in [1.165, 1.54) is 12.3 Å². The Morgan fingerprint density at radius 1 is 1.56 bits per heavy atom. The number of carbonyl (C=O) groups is 1. The summed E-state index contributed by atoms with van der Waals surface area (Å²) < 4.78 is 13.4. The summed E-state index contributed by atoms with van der Waals surface area (Å²) in [7, 11) is 0. The molecule has 0 aliphatic heterocycles. The summed E-state index contributed by atoms with van der Waals surface area (Å²) in [6.45, 7) is 6.43. The molecule has 4 heteroatoms. The smallest absolute Gasteiger partial charge is 0.257 e. The Balaban J connectivity index is 2.96. The van der Waals surface area contributed by atoms with E-state index >= 15 is 0 Å². The summed E-state index contributed by atoms with van der Waals surface area (Å²) in [5.74, 6) is -0.828. The first kappa shape index (κ1) is 12.6. The van der Waals surface area contributed by atoms with Crippen LogP contribution >= 0.6 is 0 Å². The molecule has 0 fully saturated rings. The van der Waals surface area contributed by atoms with Gasteiger partial charge < -0.3 is 4.90 Å². The summed E-state index contributed by atoms with van der Waals surface area (Å²) in [4.78, 5) is 17.4. The molecule has 1 heterocycles. The number of nitrogens with zero attached hydrogens (tertiary/aromatic N) is 2. The number of halogens is 1. The van der Waals surface area contributed by atoms with Gasteiger partial charge in [-0.1, -0.05) is 6.92 Å². The molecule has 0 aliphatic carbocycles. The van der Waals surface area contributed by atoms with Crippen molar-refractivity contribution in [3.63, 3.8) is 0 Å². The number of carbonyl (C=O) groups excluding carboxylic acids is 1. The van der Waals surface area contributed by atoms with Crippen LogP contribution in [0.15, 0.2) is 18.5 Å². The van der Waals surface area contributed by atoms with Crippen molar-refractivity contribution in [2.24, 2.45) is 0 Å². The van der Waals surface area contributed by atoms with Crippen LogP contribution in [0.3, 0.4) is 0 Å². The van der Waals surface area contributed by atoms with Gasteiger partial charge >= 0.3 is 0 Å². The van der Waals surface area contributed by atoms with Crippen LogP contribution in [-0.2, 0) is 0 Å². The Morgan fingerprint density at radius 3 is 2.75 bits per heavy atom. The van der Waals surface area contributed by atoms with Gasteiger partial charge in [-0.25, -0.2) is 4.39 Å². The molecule has 0 N–H and O–H groups in total. The SMILES string of the molecule is CCC(C)N(CC)C(=O)c1ccncc1F. The van der Waals surface area contributed by atoms with Crippen LogP contribution in [0.2, 0.25) is 0 Å². The molecule has 0 radical (unpaired) electrons. The fraction of sp³-hybridized carbons (Fsp3) is 0.500. The highest BCUT2D eigenvalue weighted by Gasteiger charge is 2.21. The summed E-state index contributed by atoms with van der Waals surface area (Å²) in [5.41, 5.74) is 0.0946. The normalized spacial score (nSPS) is 12.2. The van der Waals surface area contributed by atoms with Crippen molar-refractivity contribution in [1.29, 1.82) is 0 Å². The van der Waals surface area contributed by atoms with Crippen molar-refractivity contribution in [3.8, 4) is 0 Å². The van der Waals surface area contributed by atoms with Gasteiger partial charge in [0.1, 0.15) is 0 Å². The minimum atomic E-state index is -0.561. The maximum atomic E-state index is 13.4. The van der Waals surface area contributed by atoms with Crippen LogP contribution in [0.4, 0.5) is 4.39 Å². The molecule has 0 bridgehead atoms. The quantitative estimate of drug-likeness (QED) is 0.787. The van der Waals surface area contributed by atoms with Crippen molar-refractivity contribution in [1.82, 2.24) is 9.88 Å². The summed E-state index contributed by atoms with van der Waals surface area (Å²) in [5, 5.41) is 0. The number of rotatable bonds is 4. The zero-order valence-corrected chi connectivity index (χ0v) is 9.90. The van der Waals surface area contributed by atoms with Crippen LogP contribution in [0, 0.1) is 5.82 Å². The van der Waals surface area contributed by atoms with E-state index in [-0.39, 0.29) is 17.5 Å². The van der Waals surface area contributed by atoms with Gasteiger partial charge in [0.05, 0.1) is 11.8 Å². The lowest BCUT2D eigenvalue weighted by atomic mass is 10.1. The van der Waals surface area contributed by atoms with Gasteiger partial charge in [0.25, 0.3) is 5.91 Å². The third-order valence-electron chi connectivity index (χ3n) is 2.73. The van der Waals surface area contributed by atoms with Crippen molar-refractivity contribution in [2.45, 2.75) is 33.2 Å². The van der Waals surface area contributed by atoms with E-state index in [0.717, 1.165) is 12.6 Å². The molecule has 0 aliphatic rings. The average molecular weight is 224 g/mol. The van der Waals surface area contributed by atoms with E-state index in [1.807, 2.05) is 20.8 Å². The largest absolute Gasteiger partial charge is 0.336 e. The van der Waals surface area contributed by atoms with Crippen LogP contribution in [0.25, 0.3) is 0 Å². The zero-order valence-electron chi connectivity index (χ0n) is 9.90. The number of hydrogen-bond donors (Lipinski definition) is 0. The van der Waals surface area contributed by atoms with Crippen molar-refractivity contribution < 1.29 is 9.18 Å². The Kier molecular flexibility index (Phi) is 4.40. The Bertz CT molecular complexity index is 368. The van der Waals surface area contributed by atoms with Gasteiger partial charge in [0, 0.05) is 18.8 Å². The lowest BCUT2D eigenvalue weighted by molar-refractivity contribution is 0.0695. The number of amides is 1. The molecule has 0 aromatic carbocycles. The van der Waals surface area contributed by atoms with Crippen LogP contribution in [0.5, 0.6) is 0 Å². The van der Waals surface area contributed by atoms with E-state index in [2.05, 4.69) is 4.98 Å². The van der Waals surface area contributed by atoms with Crippen molar-refractivity contribution in [3.05, 3.63) is 29.8 Å². The standard InChI is InChI=1S/C12H17FN2O/c1-4-9(3)15(5-2)12(16)10-6-7-14-8-11(10)13/h6-9H,4-5H2,1-3H3. The second-order valence-corrected chi connectivity index (χ2v) is 3.70. The van der Waals surface area contributed by atoms with Crippen molar-refractivity contribution >= 4 is 5.91 Å². The predicted octanol–water partition coefficient (Wildman–Crippen LogP) is 2.48. The number of hydrogen-bond acceptors (Lipinski definition) is 2. The molecule has 3 nitrogen and oxygen atoms in total. The molecule has 1 rings (SSSR count). The van der Waals surface area contributed by atoms with Crippen LogP contribution < -0.4 is 0 Å². The van der Waals surface area contributed by atoms with Crippen LogP contribution in [0.1, 0.15) is 37.6 Å². The first-order chi connectivity index (χ1) is 7.61. The number of pyridine rings is 1. The second kappa shape index (κ2) is 5.58. The zero-order chi connectivity index (χ0) is 12.1. The third-order valence-corrected chi connectivity index (χ3v) is 2.73. The lowest BCUT2D eigenvalue weighted by Gasteiger charge is -2.27. The molecule has 16 heavy (non-hydrogen) atoms. The molecule has 1 aromatic heterocycles. The molecule has 0 saturated heterocycles. The van der Waals surface area contributed by atoms with Gasteiger partial charge in [-0.2, -0.15) is 0 Å². The summed E-state index contributed by atoms with van der Waals surface area (Å²) in [6.07, 6.45) is 3.35. The maximum absolute atomic E-state index is 13.4. The van der Waals surface area contributed by atoms with Gasteiger partial charge in [0.15, 0.2) is 5.82 Å². The highest BCUT2D eigenvalue weighted by molar-refractivity contribution is 5.94. The van der Waals surface area contributed by atoms with Crippen molar-refractivity contribution in [2.75, 3.05) is 6.54 Å². The minimum absolute atomic E-state index is 0.0946. The fourth-order valence-corrected chi connectivity index (χ4v) is 1.58. The van der Waals surface area contributed by atoms with E-state index in [4.69, 9.17) is 0 Å². The summed E-state index contributed by atoms with van der Waals surface area (Å²) >= 11 is 0. The van der Waals surface area contributed by atoms with Gasteiger partial charge in [-0.15, -0.1) is 0 Å². The number of aromatic nitrogens is 1. The molecule has 88 valence electrons. The first-order valence-corrected chi connectivity index (χ1v) is 5.52. The monoisotopic (exact) mass is 224 g/mol. The topological polar surface area (TPSA) is 33.2 Å². The third kappa shape index (κ3) is 2.56. The van der Waals surface area contributed by atoms with Gasteiger partial charge in [-0.05, 0) is 26.3 Å². The Labute approximate surface area is 95.3 Å².